The molecule has 0 aliphatic carbocycles. The summed E-state index contributed by atoms with van der Waals surface area (Å²) in [7, 11) is 0. The number of rotatable bonds is 9. The quantitative estimate of drug-likeness (QED) is 0.317. The van der Waals surface area contributed by atoms with Crippen LogP contribution in [0.1, 0.15) is 56.4 Å². The number of benzene rings is 2. The molecule has 0 atom stereocenters. The lowest BCUT2D eigenvalue weighted by Gasteiger charge is -2.09. The van der Waals surface area contributed by atoms with Crippen molar-refractivity contribution in [3.8, 4) is 21.6 Å². The molecule has 2 aromatic carbocycles. The number of hydrogen-bond donors (Lipinski definition) is 0. The zero-order valence-electron chi connectivity index (χ0n) is 16.7. The Kier molecular flexibility index (Phi) is 7.38. The molecule has 0 nitrogen and oxygen atoms in total. The maximum Gasteiger partial charge on any atom is 0.168 e. The van der Waals surface area contributed by atoms with Crippen LogP contribution in [-0.4, -0.2) is 0 Å². The van der Waals surface area contributed by atoms with Gasteiger partial charge in [-0.2, -0.15) is 0 Å². The van der Waals surface area contributed by atoms with Crippen molar-refractivity contribution in [3.05, 3.63) is 70.6 Å². The summed E-state index contributed by atoms with van der Waals surface area (Å²) >= 11 is 1.56. The summed E-state index contributed by atoms with van der Waals surface area (Å²) in [5, 5.41) is 0. The first-order valence-electron chi connectivity index (χ1n) is 10.3. The monoisotopic (exact) mass is 398 g/mol. The van der Waals surface area contributed by atoms with Crippen molar-refractivity contribution >= 4 is 11.3 Å². The van der Waals surface area contributed by atoms with Gasteiger partial charge in [0.2, 0.25) is 0 Å². The topological polar surface area (TPSA) is 0 Å². The molecule has 0 N–H and O–H groups in total. The van der Waals surface area contributed by atoms with Crippen LogP contribution in [0, 0.1) is 11.6 Å². The number of unbranched alkanes of at least 4 members (excludes halogenated alkanes) is 3. The molecule has 0 radical (unpaired) electrons. The fourth-order valence-corrected chi connectivity index (χ4v) is 4.47. The van der Waals surface area contributed by atoms with Crippen LogP contribution in [0.15, 0.2) is 48.5 Å². The molecule has 0 saturated carbocycles. The van der Waals surface area contributed by atoms with Gasteiger partial charge in [-0.3, -0.25) is 0 Å². The Bertz CT molecular complexity index is 893. The third kappa shape index (κ3) is 4.88. The molecule has 28 heavy (non-hydrogen) atoms. The molecular formula is C25H28F2S. The lowest BCUT2D eigenvalue weighted by Crippen LogP contribution is -1.93. The van der Waals surface area contributed by atoms with Crippen molar-refractivity contribution in [2.45, 2.75) is 58.8 Å². The summed E-state index contributed by atoms with van der Waals surface area (Å²) in [6, 6.07) is 15.2. The molecule has 0 amide bonds. The van der Waals surface area contributed by atoms with Crippen LogP contribution in [0.4, 0.5) is 8.78 Å². The van der Waals surface area contributed by atoms with E-state index in [9.17, 15) is 8.78 Å². The molecule has 3 rings (SSSR count). The van der Waals surface area contributed by atoms with E-state index in [-0.39, 0.29) is 0 Å². The van der Waals surface area contributed by atoms with E-state index in [1.165, 1.54) is 23.3 Å². The van der Waals surface area contributed by atoms with Gasteiger partial charge < -0.3 is 0 Å². The lowest BCUT2D eigenvalue weighted by atomic mass is 9.99. The smallest absolute Gasteiger partial charge is 0.168 e. The molecule has 0 spiro atoms. The number of thiophene rings is 1. The van der Waals surface area contributed by atoms with Crippen molar-refractivity contribution < 1.29 is 8.78 Å². The molecule has 1 heterocycles. The first-order valence-corrected chi connectivity index (χ1v) is 11.1. The maximum absolute atomic E-state index is 14.8. The SMILES string of the molecule is CCCCCc1ccc(-c2ccc(-c3ccc(CCCC)cc3)c(F)c2F)s1. The Morgan fingerprint density at radius 1 is 0.679 bits per heavy atom. The fourth-order valence-electron chi connectivity index (χ4n) is 3.40. The molecular weight excluding hydrogens is 370 g/mol. The summed E-state index contributed by atoms with van der Waals surface area (Å²) in [5.41, 5.74) is 2.63. The first-order chi connectivity index (χ1) is 13.6. The van der Waals surface area contributed by atoms with Crippen LogP contribution in [0.2, 0.25) is 0 Å². The minimum absolute atomic E-state index is 0.322. The van der Waals surface area contributed by atoms with E-state index in [4.69, 9.17) is 0 Å². The molecule has 3 aromatic rings. The number of aryl methyl sites for hydroxylation is 2. The van der Waals surface area contributed by atoms with Crippen molar-refractivity contribution in [3.63, 3.8) is 0 Å². The average molecular weight is 399 g/mol. The number of halogens is 2. The van der Waals surface area contributed by atoms with Crippen molar-refractivity contribution in [1.29, 1.82) is 0 Å². The summed E-state index contributed by atoms with van der Waals surface area (Å²) < 4.78 is 29.6. The molecule has 1 aromatic heterocycles. The third-order valence-electron chi connectivity index (χ3n) is 5.12. The highest BCUT2D eigenvalue weighted by Gasteiger charge is 2.17. The van der Waals surface area contributed by atoms with Crippen molar-refractivity contribution in [1.82, 2.24) is 0 Å². The zero-order valence-corrected chi connectivity index (χ0v) is 17.5. The molecule has 0 unspecified atom stereocenters. The van der Waals surface area contributed by atoms with Crippen LogP contribution in [0.3, 0.4) is 0 Å². The van der Waals surface area contributed by atoms with Gasteiger partial charge in [-0.15, -0.1) is 11.3 Å². The maximum atomic E-state index is 14.8. The molecule has 0 saturated heterocycles. The van der Waals surface area contributed by atoms with Crippen LogP contribution in [-0.2, 0) is 12.8 Å². The standard InChI is InChI=1S/C25H28F2S/c1-3-5-7-9-20-14-17-23(28-20)22-16-15-21(24(26)25(22)27)19-12-10-18(11-13-19)8-6-4-2/h10-17H,3-9H2,1-2H3. The highest BCUT2D eigenvalue weighted by Crippen LogP contribution is 2.35. The predicted octanol–water partition coefficient (Wildman–Crippen LogP) is 8.44. The van der Waals surface area contributed by atoms with Crippen LogP contribution in [0.5, 0.6) is 0 Å². The molecule has 148 valence electrons. The Labute approximate surface area is 171 Å². The second kappa shape index (κ2) is 9.97. The van der Waals surface area contributed by atoms with Gasteiger partial charge in [-0.1, -0.05) is 63.4 Å². The van der Waals surface area contributed by atoms with Crippen LogP contribution in [0.25, 0.3) is 21.6 Å². The Balaban J connectivity index is 1.81. The van der Waals surface area contributed by atoms with E-state index in [0.29, 0.717) is 11.1 Å². The fraction of sp³-hybridized carbons (Fsp3) is 0.360. The second-order valence-corrected chi connectivity index (χ2v) is 8.48. The van der Waals surface area contributed by atoms with Gasteiger partial charge in [0.05, 0.1) is 0 Å². The number of hydrogen-bond acceptors (Lipinski definition) is 1. The summed E-state index contributed by atoms with van der Waals surface area (Å²) in [6.07, 6.45) is 7.82. The van der Waals surface area contributed by atoms with Gasteiger partial charge in [0.15, 0.2) is 11.6 Å². The third-order valence-corrected chi connectivity index (χ3v) is 6.30. The highest BCUT2D eigenvalue weighted by atomic mass is 32.1. The van der Waals surface area contributed by atoms with Crippen molar-refractivity contribution in [2.24, 2.45) is 0 Å². The van der Waals surface area contributed by atoms with Gasteiger partial charge >= 0.3 is 0 Å². The predicted molar refractivity (Wildman–Crippen MR) is 117 cm³/mol. The van der Waals surface area contributed by atoms with E-state index >= 15 is 0 Å². The van der Waals surface area contributed by atoms with E-state index < -0.39 is 11.6 Å². The second-order valence-electron chi connectivity index (χ2n) is 7.31. The Hall–Kier alpha value is -2.00. The van der Waals surface area contributed by atoms with E-state index in [1.54, 1.807) is 23.5 Å². The van der Waals surface area contributed by atoms with E-state index in [2.05, 4.69) is 13.8 Å². The Morgan fingerprint density at radius 3 is 2.07 bits per heavy atom. The molecule has 3 heteroatoms. The van der Waals surface area contributed by atoms with Crippen LogP contribution < -0.4 is 0 Å². The average Bonchev–Trinajstić information content (AvgIpc) is 3.18. The van der Waals surface area contributed by atoms with Gasteiger partial charge in [-0.05, 0) is 55.0 Å². The summed E-state index contributed by atoms with van der Waals surface area (Å²) in [4.78, 5) is 2.03. The van der Waals surface area contributed by atoms with Crippen molar-refractivity contribution in [2.75, 3.05) is 0 Å². The van der Waals surface area contributed by atoms with Gasteiger partial charge in [0.25, 0.3) is 0 Å². The zero-order chi connectivity index (χ0) is 19.9. The van der Waals surface area contributed by atoms with E-state index in [0.717, 1.165) is 42.5 Å². The van der Waals surface area contributed by atoms with Crippen LogP contribution >= 0.6 is 11.3 Å². The summed E-state index contributed by atoms with van der Waals surface area (Å²) in [5.74, 6) is -1.52. The van der Waals surface area contributed by atoms with E-state index in [1.807, 2.05) is 36.4 Å². The van der Waals surface area contributed by atoms with Gasteiger partial charge in [0.1, 0.15) is 0 Å². The molecule has 0 fully saturated rings. The minimum atomic E-state index is -0.764. The van der Waals surface area contributed by atoms with Gasteiger partial charge in [-0.25, -0.2) is 8.78 Å². The van der Waals surface area contributed by atoms with Gasteiger partial charge in [0, 0.05) is 20.9 Å². The Morgan fingerprint density at radius 2 is 1.36 bits per heavy atom. The molecule has 0 aliphatic rings. The molecule has 0 aliphatic heterocycles. The lowest BCUT2D eigenvalue weighted by molar-refractivity contribution is 0.514. The summed E-state index contributed by atoms with van der Waals surface area (Å²) in [6.45, 7) is 4.34. The molecule has 0 bridgehead atoms. The minimum Gasteiger partial charge on any atom is -0.203 e. The highest BCUT2D eigenvalue weighted by molar-refractivity contribution is 7.15. The normalized spacial score (nSPS) is 11.1. The first kappa shape index (κ1) is 20.7. The largest absolute Gasteiger partial charge is 0.203 e.